The highest BCUT2D eigenvalue weighted by Gasteiger charge is 2.12. The van der Waals surface area contributed by atoms with Crippen LogP contribution in [0.25, 0.3) is 0 Å². The molecule has 88 valence electrons. The zero-order valence-corrected chi connectivity index (χ0v) is 10.6. The van der Waals surface area contributed by atoms with Crippen molar-refractivity contribution < 1.29 is 4.79 Å². The lowest BCUT2D eigenvalue weighted by Gasteiger charge is -2.15. The molecule has 0 fully saturated rings. The second-order valence-electron chi connectivity index (χ2n) is 3.81. The van der Waals surface area contributed by atoms with Gasteiger partial charge in [-0.15, -0.1) is 0 Å². The van der Waals surface area contributed by atoms with Gasteiger partial charge in [-0.25, -0.2) is 9.97 Å². The highest BCUT2D eigenvalue weighted by Crippen LogP contribution is 2.10. The molecule has 0 saturated heterocycles. The predicted molar refractivity (Wildman–Crippen MR) is 66.9 cm³/mol. The Morgan fingerprint density at radius 1 is 1.41 bits per heavy atom. The summed E-state index contributed by atoms with van der Waals surface area (Å²) in [6.45, 7) is 2.40. The minimum absolute atomic E-state index is 0.0591. The Kier molecular flexibility index (Phi) is 3.49. The first kappa shape index (κ1) is 11.7. The van der Waals surface area contributed by atoms with Crippen molar-refractivity contribution in [1.82, 2.24) is 14.9 Å². The molecule has 0 aliphatic heterocycles. The maximum atomic E-state index is 12.0. The Bertz CT molecular complexity index is 493. The maximum absolute atomic E-state index is 12.0. The van der Waals surface area contributed by atoms with Crippen molar-refractivity contribution in [3.05, 3.63) is 46.2 Å². The van der Waals surface area contributed by atoms with E-state index in [0.29, 0.717) is 17.9 Å². The molecule has 0 saturated carbocycles. The van der Waals surface area contributed by atoms with E-state index in [9.17, 15) is 4.79 Å². The number of thiophene rings is 1. The molecule has 2 aromatic heterocycles. The fraction of sp³-hybridized carbons (Fsp3) is 0.250. The fourth-order valence-electron chi connectivity index (χ4n) is 1.45. The number of nitrogens with zero attached hydrogens (tertiary/aromatic N) is 3. The van der Waals surface area contributed by atoms with E-state index < -0.39 is 0 Å². The van der Waals surface area contributed by atoms with Gasteiger partial charge in [-0.3, -0.25) is 4.79 Å². The van der Waals surface area contributed by atoms with Crippen molar-refractivity contribution in [3.63, 3.8) is 0 Å². The van der Waals surface area contributed by atoms with Gasteiger partial charge in [-0.1, -0.05) is 0 Å². The van der Waals surface area contributed by atoms with Crippen molar-refractivity contribution in [2.45, 2.75) is 13.5 Å². The van der Waals surface area contributed by atoms with Crippen LogP contribution >= 0.6 is 11.3 Å². The van der Waals surface area contributed by atoms with Gasteiger partial charge >= 0.3 is 0 Å². The molecule has 0 atom stereocenters. The van der Waals surface area contributed by atoms with Crippen LogP contribution in [0.3, 0.4) is 0 Å². The SMILES string of the molecule is Cc1ncc(C(=O)N(C)Cc2ccsc2)cn1. The zero-order chi connectivity index (χ0) is 12.3. The van der Waals surface area contributed by atoms with Gasteiger partial charge in [0.15, 0.2) is 0 Å². The van der Waals surface area contributed by atoms with Crippen LogP contribution < -0.4 is 0 Å². The monoisotopic (exact) mass is 247 g/mol. The predicted octanol–water partition coefficient (Wildman–Crippen LogP) is 2.12. The van der Waals surface area contributed by atoms with E-state index in [4.69, 9.17) is 0 Å². The smallest absolute Gasteiger partial charge is 0.257 e. The Hall–Kier alpha value is -1.75. The molecule has 0 aliphatic rings. The summed E-state index contributed by atoms with van der Waals surface area (Å²) < 4.78 is 0. The second-order valence-corrected chi connectivity index (χ2v) is 4.59. The van der Waals surface area contributed by atoms with Crippen molar-refractivity contribution in [2.24, 2.45) is 0 Å². The second kappa shape index (κ2) is 5.05. The molecule has 2 rings (SSSR count). The Morgan fingerprint density at radius 2 is 2.12 bits per heavy atom. The first-order valence-corrected chi connectivity index (χ1v) is 6.16. The van der Waals surface area contributed by atoms with Gasteiger partial charge in [-0.2, -0.15) is 11.3 Å². The molecule has 0 spiro atoms. The summed E-state index contributed by atoms with van der Waals surface area (Å²) in [5.41, 5.74) is 1.66. The van der Waals surface area contributed by atoms with Crippen molar-refractivity contribution in [2.75, 3.05) is 7.05 Å². The number of amides is 1. The van der Waals surface area contributed by atoms with Crippen LogP contribution in [-0.2, 0) is 6.54 Å². The third kappa shape index (κ3) is 2.88. The highest BCUT2D eigenvalue weighted by molar-refractivity contribution is 7.07. The molecule has 2 heterocycles. The lowest BCUT2D eigenvalue weighted by atomic mass is 10.2. The Morgan fingerprint density at radius 3 is 2.71 bits per heavy atom. The summed E-state index contributed by atoms with van der Waals surface area (Å²) in [6.07, 6.45) is 3.13. The molecule has 0 bridgehead atoms. The number of hydrogen-bond acceptors (Lipinski definition) is 4. The van der Waals surface area contributed by atoms with Gasteiger partial charge in [-0.05, 0) is 29.3 Å². The molecule has 0 N–H and O–H groups in total. The largest absolute Gasteiger partial charge is 0.337 e. The van der Waals surface area contributed by atoms with Gasteiger partial charge in [0, 0.05) is 26.0 Å². The standard InChI is InChI=1S/C12H13N3OS/c1-9-13-5-11(6-14-9)12(16)15(2)7-10-3-4-17-8-10/h3-6,8H,7H2,1-2H3. The number of aromatic nitrogens is 2. The maximum Gasteiger partial charge on any atom is 0.257 e. The minimum atomic E-state index is -0.0591. The number of hydrogen-bond donors (Lipinski definition) is 0. The van der Waals surface area contributed by atoms with E-state index in [1.807, 2.05) is 16.8 Å². The minimum Gasteiger partial charge on any atom is -0.337 e. The van der Waals surface area contributed by atoms with Crippen LogP contribution in [0.2, 0.25) is 0 Å². The summed E-state index contributed by atoms with van der Waals surface area (Å²) in [4.78, 5) is 21.7. The van der Waals surface area contributed by atoms with Gasteiger partial charge in [0.25, 0.3) is 5.91 Å². The summed E-state index contributed by atoms with van der Waals surface area (Å²) in [5, 5.41) is 4.04. The molecule has 0 aliphatic carbocycles. The average molecular weight is 247 g/mol. The third-order valence-electron chi connectivity index (χ3n) is 2.37. The molecule has 2 aromatic rings. The first-order valence-electron chi connectivity index (χ1n) is 5.22. The zero-order valence-electron chi connectivity index (χ0n) is 9.75. The number of rotatable bonds is 3. The molecule has 4 nitrogen and oxygen atoms in total. The number of carbonyl (C=O) groups is 1. The van der Waals surface area contributed by atoms with Gasteiger partial charge in [0.2, 0.25) is 0 Å². The van der Waals surface area contributed by atoms with Crippen molar-refractivity contribution in [3.8, 4) is 0 Å². The van der Waals surface area contributed by atoms with E-state index in [2.05, 4.69) is 9.97 Å². The van der Waals surface area contributed by atoms with Crippen LogP contribution in [0.4, 0.5) is 0 Å². The van der Waals surface area contributed by atoms with Gasteiger partial charge in [0.05, 0.1) is 5.56 Å². The normalized spacial score (nSPS) is 10.2. The summed E-state index contributed by atoms with van der Waals surface area (Å²) >= 11 is 1.63. The molecular formula is C12H13N3OS. The van der Waals surface area contributed by atoms with Crippen LogP contribution in [0.5, 0.6) is 0 Å². The van der Waals surface area contributed by atoms with E-state index in [-0.39, 0.29) is 5.91 Å². The highest BCUT2D eigenvalue weighted by atomic mass is 32.1. The van der Waals surface area contributed by atoms with Crippen LogP contribution in [0.15, 0.2) is 29.2 Å². The molecule has 0 radical (unpaired) electrons. The van der Waals surface area contributed by atoms with E-state index in [0.717, 1.165) is 5.56 Å². The van der Waals surface area contributed by atoms with Crippen molar-refractivity contribution in [1.29, 1.82) is 0 Å². The number of carbonyl (C=O) groups excluding carboxylic acids is 1. The quantitative estimate of drug-likeness (QED) is 0.834. The third-order valence-corrected chi connectivity index (χ3v) is 3.11. The van der Waals surface area contributed by atoms with Crippen LogP contribution in [0, 0.1) is 6.92 Å². The topological polar surface area (TPSA) is 46.1 Å². The average Bonchev–Trinajstić information content (AvgIpc) is 2.82. The van der Waals surface area contributed by atoms with Gasteiger partial charge < -0.3 is 4.90 Å². The molecule has 1 amide bonds. The first-order chi connectivity index (χ1) is 8.16. The fourth-order valence-corrected chi connectivity index (χ4v) is 2.11. The number of aryl methyl sites for hydroxylation is 1. The lowest BCUT2D eigenvalue weighted by molar-refractivity contribution is 0.0784. The molecular weight excluding hydrogens is 234 g/mol. The molecule has 17 heavy (non-hydrogen) atoms. The van der Waals surface area contributed by atoms with E-state index >= 15 is 0 Å². The van der Waals surface area contributed by atoms with Crippen LogP contribution in [0.1, 0.15) is 21.7 Å². The van der Waals surface area contributed by atoms with Crippen molar-refractivity contribution >= 4 is 17.2 Å². The Balaban J connectivity index is 2.07. The van der Waals surface area contributed by atoms with E-state index in [1.165, 1.54) is 0 Å². The van der Waals surface area contributed by atoms with Crippen LogP contribution in [-0.4, -0.2) is 27.8 Å². The van der Waals surface area contributed by atoms with E-state index in [1.54, 1.807) is 42.6 Å². The molecule has 5 heteroatoms. The summed E-state index contributed by atoms with van der Waals surface area (Å²) in [6, 6.07) is 2.01. The summed E-state index contributed by atoms with van der Waals surface area (Å²) in [7, 11) is 1.78. The molecule has 0 unspecified atom stereocenters. The van der Waals surface area contributed by atoms with Gasteiger partial charge in [0.1, 0.15) is 5.82 Å². The molecule has 0 aromatic carbocycles. The Labute approximate surface area is 104 Å². The summed E-state index contributed by atoms with van der Waals surface area (Å²) in [5.74, 6) is 0.609. The lowest BCUT2D eigenvalue weighted by Crippen LogP contribution is -2.26.